The maximum absolute atomic E-state index is 12.7. The number of hydrogen-bond donors (Lipinski definition) is 0. The van der Waals surface area contributed by atoms with Gasteiger partial charge in [0.25, 0.3) is 5.56 Å². The van der Waals surface area contributed by atoms with Gasteiger partial charge < -0.3 is 4.74 Å². The highest BCUT2D eigenvalue weighted by Gasteiger charge is 2.16. The molecule has 132 valence electrons. The molecule has 0 saturated heterocycles. The molecule has 1 aliphatic rings. The Morgan fingerprint density at radius 1 is 1.12 bits per heavy atom. The molecular weight excluding hydrogens is 328 g/mol. The number of carbonyl (C=O) groups excluding carboxylic acids is 1. The summed E-state index contributed by atoms with van der Waals surface area (Å²) in [7, 11) is 0. The first-order chi connectivity index (χ1) is 12.6. The van der Waals surface area contributed by atoms with E-state index in [0.717, 1.165) is 37.1 Å². The highest BCUT2D eigenvalue weighted by Crippen LogP contribution is 2.18. The van der Waals surface area contributed by atoms with Crippen LogP contribution in [0, 0.1) is 6.92 Å². The lowest BCUT2D eigenvalue weighted by Gasteiger charge is -2.11. The van der Waals surface area contributed by atoms with Crippen molar-refractivity contribution in [3.8, 4) is 5.75 Å². The Bertz CT molecular complexity index is 1050. The van der Waals surface area contributed by atoms with Crippen LogP contribution in [0.5, 0.6) is 5.75 Å². The molecule has 2 aromatic carbocycles. The van der Waals surface area contributed by atoms with Gasteiger partial charge in [0, 0.05) is 13.0 Å². The fourth-order valence-corrected chi connectivity index (χ4v) is 3.39. The van der Waals surface area contributed by atoms with Gasteiger partial charge in [-0.05, 0) is 55.7 Å². The molecule has 4 rings (SSSR count). The average molecular weight is 348 g/mol. The lowest BCUT2D eigenvalue weighted by molar-refractivity contribution is 0.0735. The first-order valence-electron chi connectivity index (χ1n) is 8.94. The number of nitrogens with zero attached hydrogens (tertiary/aromatic N) is 2. The number of hydrogen-bond acceptors (Lipinski definition) is 4. The number of aryl methyl sites for hydroxylation is 2. The van der Waals surface area contributed by atoms with E-state index in [1.807, 2.05) is 25.1 Å². The zero-order valence-corrected chi connectivity index (χ0v) is 14.7. The van der Waals surface area contributed by atoms with Crippen LogP contribution < -0.4 is 10.3 Å². The van der Waals surface area contributed by atoms with Gasteiger partial charge in [-0.3, -0.25) is 9.36 Å². The largest absolute Gasteiger partial charge is 0.423 e. The van der Waals surface area contributed by atoms with Gasteiger partial charge in [0.15, 0.2) is 0 Å². The van der Waals surface area contributed by atoms with Crippen molar-refractivity contribution in [1.29, 1.82) is 0 Å². The molecule has 0 radical (unpaired) electrons. The van der Waals surface area contributed by atoms with E-state index in [1.165, 1.54) is 0 Å². The van der Waals surface area contributed by atoms with E-state index >= 15 is 0 Å². The van der Waals surface area contributed by atoms with E-state index in [-0.39, 0.29) is 5.56 Å². The molecule has 2 heterocycles. The van der Waals surface area contributed by atoms with Crippen molar-refractivity contribution >= 4 is 16.9 Å². The fraction of sp³-hybridized carbons (Fsp3) is 0.286. The molecule has 0 unspecified atom stereocenters. The summed E-state index contributed by atoms with van der Waals surface area (Å²) >= 11 is 0. The minimum absolute atomic E-state index is 0.0227. The summed E-state index contributed by atoms with van der Waals surface area (Å²) in [6.45, 7) is 2.66. The predicted molar refractivity (Wildman–Crippen MR) is 99.7 cm³/mol. The first-order valence-corrected chi connectivity index (χ1v) is 8.94. The summed E-state index contributed by atoms with van der Waals surface area (Å²) in [6, 6.07) is 12.3. The van der Waals surface area contributed by atoms with Crippen LogP contribution in [0.25, 0.3) is 10.9 Å². The van der Waals surface area contributed by atoms with Gasteiger partial charge >= 0.3 is 5.97 Å². The summed E-state index contributed by atoms with van der Waals surface area (Å²) in [6.07, 6.45) is 3.93. The molecule has 5 nitrogen and oxygen atoms in total. The van der Waals surface area contributed by atoms with Crippen LogP contribution >= 0.6 is 0 Å². The van der Waals surface area contributed by atoms with Crippen LogP contribution in [0.3, 0.4) is 0 Å². The van der Waals surface area contributed by atoms with E-state index in [1.54, 1.807) is 28.8 Å². The zero-order valence-electron chi connectivity index (χ0n) is 14.7. The third kappa shape index (κ3) is 3.12. The summed E-state index contributed by atoms with van der Waals surface area (Å²) in [5, 5.41) is 0.544. The smallest absolute Gasteiger partial charge is 0.343 e. The van der Waals surface area contributed by atoms with Gasteiger partial charge in [0.1, 0.15) is 11.6 Å². The minimum Gasteiger partial charge on any atom is -0.423 e. The standard InChI is InChI=1S/C21H20N2O3/c1-14-6-5-7-16(12-14)26-21(25)15-9-10-17-18(13-15)22-19-8-3-2-4-11-23(19)20(17)24/h5-7,9-10,12-13H,2-4,8,11H2,1H3. The summed E-state index contributed by atoms with van der Waals surface area (Å²) < 4.78 is 7.22. The van der Waals surface area contributed by atoms with Crippen molar-refractivity contribution in [1.82, 2.24) is 9.55 Å². The molecule has 0 bridgehead atoms. The second-order valence-corrected chi connectivity index (χ2v) is 6.73. The second-order valence-electron chi connectivity index (χ2n) is 6.73. The van der Waals surface area contributed by atoms with E-state index in [4.69, 9.17) is 4.74 Å². The Labute approximate surface area is 151 Å². The lowest BCUT2D eigenvalue weighted by atomic mass is 10.1. The van der Waals surface area contributed by atoms with Gasteiger partial charge in [0.05, 0.1) is 16.5 Å². The fourth-order valence-electron chi connectivity index (χ4n) is 3.39. The van der Waals surface area contributed by atoms with Crippen molar-refractivity contribution < 1.29 is 9.53 Å². The van der Waals surface area contributed by atoms with Crippen LogP contribution in [0.1, 0.15) is 41.0 Å². The van der Waals surface area contributed by atoms with Gasteiger partial charge in [-0.15, -0.1) is 0 Å². The normalized spacial score (nSPS) is 13.9. The number of carbonyl (C=O) groups is 1. The molecule has 3 aromatic rings. The van der Waals surface area contributed by atoms with Gasteiger partial charge in [-0.25, -0.2) is 9.78 Å². The third-order valence-corrected chi connectivity index (χ3v) is 4.75. The summed E-state index contributed by atoms with van der Waals surface area (Å²) in [4.78, 5) is 29.9. The maximum atomic E-state index is 12.7. The van der Waals surface area contributed by atoms with Crippen molar-refractivity contribution in [3.63, 3.8) is 0 Å². The second kappa shape index (κ2) is 6.75. The van der Waals surface area contributed by atoms with E-state index in [0.29, 0.717) is 28.8 Å². The van der Waals surface area contributed by atoms with E-state index in [9.17, 15) is 9.59 Å². The Morgan fingerprint density at radius 2 is 2.00 bits per heavy atom. The van der Waals surface area contributed by atoms with Gasteiger partial charge in [-0.1, -0.05) is 18.6 Å². The molecule has 26 heavy (non-hydrogen) atoms. The predicted octanol–water partition coefficient (Wildman–Crippen LogP) is 3.65. The summed E-state index contributed by atoms with van der Waals surface area (Å²) in [5.74, 6) is 0.864. The minimum atomic E-state index is -0.450. The molecule has 1 aromatic heterocycles. The Balaban J connectivity index is 1.71. The molecule has 0 atom stereocenters. The highest BCUT2D eigenvalue weighted by atomic mass is 16.5. The van der Waals surface area contributed by atoms with Crippen molar-refractivity contribution in [3.05, 3.63) is 69.8 Å². The first kappa shape index (κ1) is 16.5. The van der Waals surface area contributed by atoms with E-state index < -0.39 is 5.97 Å². The van der Waals surface area contributed by atoms with Crippen LogP contribution in [0.4, 0.5) is 0 Å². The van der Waals surface area contributed by atoms with Crippen molar-refractivity contribution in [2.24, 2.45) is 0 Å². The van der Waals surface area contributed by atoms with Crippen molar-refractivity contribution in [2.45, 2.75) is 39.2 Å². The lowest BCUT2D eigenvalue weighted by Crippen LogP contribution is -2.24. The average Bonchev–Trinajstić information content (AvgIpc) is 2.87. The van der Waals surface area contributed by atoms with Crippen molar-refractivity contribution in [2.75, 3.05) is 0 Å². The molecule has 0 saturated carbocycles. The maximum Gasteiger partial charge on any atom is 0.343 e. The van der Waals surface area contributed by atoms with E-state index in [2.05, 4.69) is 4.98 Å². The van der Waals surface area contributed by atoms with Crippen LogP contribution in [-0.4, -0.2) is 15.5 Å². The molecular formula is C21H20N2O3. The molecule has 0 fully saturated rings. The molecule has 5 heteroatoms. The monoisotopic (exact) mass is 348 g/mol. The molecule has 0 amide bonds. The number of benzene rings is 2. The quantitative estimate of drug-likeness (QED) is 0.524. The number of aromatic nitrogens is 2. The van der Waals surface area contributed by atoms with Gasteiger partial charge in [-0.2, -0.15) is 0 Å². The van der Waals surface area contributed by atoms with Gasteiger partial charge in [0.2, 0.25) is 0 Å². The Morgan fingerprint density at radius 3 is 2.85 bits per heavy atom. The third-order valence-electron chi connectivity index (χ3n) is 4.75. The Kier molecular flexibility index (Phi) is 4.29. The van der Waals surface area contributed by atoms with Crippen LogP contribution in [-0.2, 0) is 13.0 Å². The zero-order chi connectivity index (χ0) is 18.1. The number of esters is 1. The van der Waals surface area contributed by atoms with Crippen LogP contribution in [0.2, 0.25) is 0 Å². The molecule has 1 aliphatic heterocycles. The number of fused-ring (bicyclic) bond motifs is 2. The number of rotatable bonds is 2. The van der Waals surface area contributed by atoms with Crippen LogP contribution in [0.15, 0.2) is 47.3 Å². The summed E-state index contributed by atoms with van der Waals surface area (Å²) in [5.41, 5.74) is 1.95. The molecule has 0 spiro atoms. The topological polar surface area (TPSA) is 61.2 Å². The number of ether oxygens (including phenoxy) is 1. The molecule has 0 N–H and O–H groups in total. The SMILES string of the molecule is Cc1cccc(OC(=O)c2ccc3c(=O)n4c(nc3c2)CCCCC4)c1. The highest BCUT2D eigenvalue weighted by molar-refractivity contribution is 5.95. The Hall–Kier alpha value is -2.95. The molecule has 0 aliphatic carbocycles.